The second-order valence-electron chi connectivity index (χ2n) is 6.18. The molecule has 4 atom stereocenters. The van der Waals surface area contributed by atoms with Crippen LogP contribution in [0.1, 0.15) is 32.1 Å². The highest BCUT2D eigenvalue weighted by atomic mass is 16.5. The molecule has 18 heavy (non-hydrogen) atoms. The van der Waals surface area contributed by atoms with Gasteiger partial charge in [0.25, 0.3) is 0 Å². The lowest BCUT2D eigenvalue weighted by Crippen LogP contribution is -2.40. The van der Waals surface area contributed by atoms with Crippen LogP contribution >= 0.6 is 0 Å². The highest BCUT2D eigenvalue weighted by Gasteiger charge is 2.41. The number of fused-ring (bicyclic) bond motifs is 1. The molecule has 3 fully saturated rings. The topological polar surface area (TPSA) is 55.6 Å². The Morgan fingerprint density at radius 3 is 2.78 bits per heavy atom. The van der Waals surface area contributed by atoms with Crippen LogP contribution in [-0.2, 0) is 9.53 Å². The molecule has 4 nitrogen and oxygen atoms in total. The zero-order chi connectivity index (χ0) is 12.5. The molecule has 2 N–H and O–H groups in total. The molecule has 2 aliphatic heterocycles. The molecule has 2 saturated heterocycles. The van der Waals surface area contributed by atoms with Gasteiger partial charge in [0, 0.05) is 25.7 Å². The fourth-order valence-corrected chi connectivity index (χ4v) is 3.89. The maximum Gasteiger partial charge on any atom is 0.228 e. The summed E-state index contributed by atoms with van der Waals surface area (Å²) in [6.07, 6.45) is 5.64. The first-order valence-corrected chi connectivity index (χ1v) is 7.38. The van der Waals surface area contributed by atoms with E-state index in [0.717, 1.165) is 39.0 Å². The number of carbonyl (C=O) groups excluding carboxylic acids is 1. The summed E-state index contributed by atoms with van der Waals surface area (Å²) < 4.78 is 5.43. The number of ether oxygens (including phenoxy) is 1. The third-order valence-electron chi connectivity index (χ3n) is 4.98. The molecule has 3 rings (SSSR count). The zero-order valence-electron chi connectivity index (χ0n) is 11.0. The molecule has 0 radical (unpaired) electrons. The van der Waals surface area contributed by atoms with E-state index < -0.39 is 0 Å². The molecule has 0 aromatic heterocycles. The van der Waals surface area contributed by atoms with E-state index in [1.165, 1.54) is 12.8 Å². The quantitative estimate of drug-likeness (QED) is 0.757. The van der Waals surface area contributed by atoms with Crippen molar-refractivity contribution in [2.24, 2.45) is 23.5 Å². The summed E-state index contributed by atoms with van der Waals surface area (Å²) in [7, 11) is 0. The van der Waals surface area contributed by atoms with E-state index in [2.05, 4.69) is 4.90 Å². The van der Waals surface area contributed by atoms with Crippen LogP contribution in [0.5, 0.6) is 0 Å². The average molecular weight is 252 g/mol. The molecule has 102 valence electrons. The Kier molecular flexibility index (Phi) is 3.57. The summed E-state index contributed by atoms with van der Waals surface area (Å²) in [5.74, 6) is 1.63. The van der Waals surface area contributed by atoms with Crippen molar-refractivity contribution < 1.29 is 9.53 Å². The van der Waals surface area contributed by atoms with Crippen molar-refractivity contribution in [1.29, 1.82) is 0 Å². The summed E-state index contributed by atoms with van der Waals surface area (Å²) >= 11 is 0. The van der Waals surface area contributed by atoms with Crippen LogP contribution in [0.4, 0.5) is 0 Å². The smallest absolute Gasteiger partial charge is 0.228 e. The van der Waals surface area contributed by atoms with Crippen molar-refractivity contribution in [2.75, 3.05) is 26.3 Å². The van der Waals surface area contributed by atoms with Crippen molar-refractivity contribution in [3.05, 3.63) is 0 Å². The van der Waals surface area contributed by atoms with E-state index in [0.29, 0.717) is 30.4 Å². The van der Waals surface area contributed by atoms with Gasteiger partial charge in [-0.1, -0.05) is 6.42 Å². The van der Waals surface area contributed by atoms with Crippen LogP contribution in [0.25, 0.3) is 0 Å². The second kappa shape index (κ2) is 5.17. The van der Waals surface area contributed by atoms with Crippen LogP contribution in [-0.4, -0.2) is 43.2 Å². The van der Waals surface area contributed by atoms with Crippen LogP contribution in [0, 0.1) is 17.8 Å². The Balaban J connectivity index is 1.62. The number of carbonyl (C=O) groups is 1. The van der Waals surface area contributed by atoms with E-state index in [1.54, 1.807) is 0 Å². The van der Waals surface area contributed by atoms with Gasteiger partial charge in [-0.05, 0) is 37.5 Å². The van der Waals surface area contributed by atoms with E-state index in [9.17, 15) is 4.79 Å². The Hall–Kier alpha value is -0.610. The Morgan fingerprint density at radius 1 is 1.17 bits per heavy atom. The molecule has 1 amide bonds. The number of likely N-dealkylation sites (tertiary alicyclic amines) is 1. The van der Waals surface area contributed by atoms with E-state index >= 15 is 0 Å². The lowest BCUT2D eigenvalue weighted by molar-refractivity contribution is -0.138. The fourth-order valence-electron chi connectivity index (χ4n) is 3.89. The second-order valence-corrected chi connectivity index (χ2v) is 6.18. The number of nitrogens with zero attached hydrogens (tertiary/aromatic N) is 1. The third kappa shape index (κ3) is 2.28. The number of amides is 1. The molecule has 4 unspecified atom stereocenters. The van der Waals surface area contributed by atoms with Gasteiger partial charge in [0.2, 0.25) is 5.91 Å². The molecular weight excluding hydrogens is 228 g/mol. The van der Waals surface area contributed by atoms with Gasteiger partial charge in [0.1, 0.15) is 0 Å². The van der Waals surface area contributed by atoms with Crippen molar-refractivity contribution >= 4 is 5.91 Å². The maximum absolute atomic E-state index is 12.5. The number of nitrogens with two attached hydrogens (primary N) is 1. The Morgan fingerprint density at radius 2 is 2.06 bits per heavy atom. The molecular formula is C14H24N2O2. The van der Waals surface area contributed by atoms with Gasteiger partial charge in [-0.25, -0.2) is 0 Å². The highest BCUT2D eigenvalue weighted by molar-refractivity contribution is 5.79. The summed E-state index contributed by atoms with van der Waals surface area (Å²) in [6.45, 7) is 3.27. The summed E-state index contributed by atoms with van der Waals surface area (Å²) in [6, 6.07) is 0.309. The highest BCUT2D eigenvalue weighted by Crippen LogP contribution is 2.36. The minimum atomic E-state index is 0.107. The lowest BCUT2D eigenvalue weighted by atomic mass is 9.78. The number of hydrogen-bond acceptors (Lipinski definition) is 3. The van der Waals surface area contributed by atoms with Crippen molar-refractivity contribution in [2.45, 2.75) is 38.1 Å². The van der Waals surface area contributed by atoms with E-state index in [-0.39, 0.29) is 5.92 Å². The molecule has 3 aliphatic rings. The summed E-state index contributed by atoms with van der Waals surface area (Å²) in [5.41, 5.74) is 6.20. The molecule has 1 aliphatic carbocycles. The van der Waals surface area contributed by atoms with Crippen molar-refractivity contribution in [3.8, 4) is 0 Å². The Bertz CT molecular complexity index is 315. The third-order valence-corrected chi connectivity index (χ3v) is 4.98. The molecule has 1 saturated carbocycles. The van der Waals surface area contributed by atoms with Gasteiger partial charge >= 0.3 is 0 Å². The van der Waals surface area contributed by atoms with Gasteiger partial charge in [-0.15, -0.1) is 0 Å². The molecule has 0 aromatic carbocycles. The minimum Gasteiger partial charge on any atom is -0.381 e. The standard InChI is InChI=1S/C14H24N2O2/c15-13-5-1-3-10-7-16(8-12(10)13)14(17)11-4-2-6-18-9-11/h10-13H,1-9,15H2. The van der Waals surface area contributed by atoms with Crippen LogP contribution in [0.2, 0.25) is 0 Å². The molecule has 2 heterocycles. The van der Waals surface area contributed by atoms with Gasteiger partial charge in [-0.3, -0.25) is 4.79 Å². The predicted molar refractivity (Wildman–Crippen MR) is 68.9 cm³/mol. The van der Waals surface area contributed by atoms with Crippen molar-refractivity contribution in [1.82, 2.24) is 4.90 Å². The zero-order valence-corrected chi connectivity index (χ0v) is 11.0. The van der Waals surface area contributed by atoms with E-state index in [1.807, 2.05) is 0 Å². The normalized spacial score (nSPS) is 40.6. The lowest BCUT2D eigenvalue weighted by Gasteiger charge is -2.29. The van der Waals surface area contributed by atoms with Crippen LogP contribution in [0.3, 0.4) is 0 Å². The van der Waals surface area contributed by atoms with Crippen LogP contribution < -0.4 is 5.73 Å². The first-order valence-electron chi connectivity index (χ1n) is 7.38. The summed E-state index contributed by atoms with van der Waals surface area (Å²) in [5, 5.41) is 0. The molecule has 0 spiro atoms. The molecule has 0 bridgehead atoms. The van der Waals surface area contributed by atoms with Gasteiger partial charge < -0.3 is 15.4 Å². The maximum atomic E-state index is 12.5. The predicted octanol–water partition coefficient (Wildman–Crippen LogP) is 0.999. The minimum absolute atomic E-state index is 0.107. The Labute approximate surface area is 109 Å². The van der Waals surface area contributed by atoms with Crippen molar-refractivity contribution in [3.63, 3.8) is 0 Å². The number of hydrogen-bond donors (Lipinski definition) is 1. The molecule has 0 aromatic rings. The van der Waals surface area contributed by atoms with Gasteiger partial charge in [0.05, 0.1) is 12.5 Å². The van der Waals surface area contributed by atoms with Crippen LogP contribution in [0.15, 0.2) is 0 Å². The molecule has 4 heteroatoms. The average Bonchev–Trinajstić information content (AvgIpc) is 2.84. The van der Waals surface area contributed by atoms with Gasteiger partial charge in [-0.2, -0.15) is 0 Å². The van der Waals surface area contributed by atoms with E-state index in [4.69, 9.17) is 10.5 Å². The number of rotatable bonds is 1. The first-order chi connectivity index (χ1) is 8.75. The monoisotopic (exact) mass is 252 g/mol. The van der Waals surface area contributed by atoms with Gasteiger partial charge in [0.15, 0.2) is 0 Å². The summed E-state index contributed by atoms with van der Waals surface area (Å²) in [4.78, 5) is 14.5. The largest absolute Gasteiger partial charge is 0.381 e. The SMILES string of the molecule is NC1CCCC2CN(C(=O)C3CCCOC3)CC12. The first kappa shape index (κ1) is 12.4. The fraction of sp³-hybridized carbons (Fsp3) is 0.929.